The van der Waals surface area contributed by atoms with Gasteiger partial charge in [0, 0.05) is 54.7 Å². The van der Waals surface area contributed by atoms with Gasteiger partial charge in [-0.05, 0) is 48.5 Å². The van der Waals surface area contributed by atoms with Crippen molar-refractivity contribution in [2.24, 2.45) is 0 Å². The molecule has 0 aliphatic rings. The quantitative estimate of drug-likeness (QED) is 0.174. The smallest absolute Gasteiger partial charge is 0.238 e. The summed E-state index contributed by atoms with van der Waals surface area (Å²) in [7, 11) is 0. The molecule has 0 saturated heterocycles. The number of rotatable bonds is 5. The van der Waals surface area contributed by atoms with E-state index in [0.29, 0.717) is 17.6 Å². The zero-order valence-electron chi connectivity index (χ0n) is 31.8. The third kappa shape index (κ3) is 4.88. The van der Waals surface area contributed by atoms with E-state index in [1.807, 2.05) is 54.6 Å². The molecule has 13 aromatic rings. The summed E-state index contributed by atoms with van der Waals surface area (Å²) in [6, 6.07) is 63.2. The zero-order chi connectivity index (χ0) is 39.3. The fourth-order valence-electron chi connectivity index (χ4n) is 9.01. The number of para-hydroxylation sites is 4. The molecule has 0 radical (unpaired) electrons. The number of benzene rings is 8. The van der Waals surface area contributed by atoms with Gasteiger partial charge in [0.2, 0.25) is 5.95 Å². The van der Waals surface area contributed by atoms with Crippen molar-refractivity contribution in [3.8, 4) is 45.0 Å². The van der Waals surface area contributed by atoms with E-state index in [1.54, 1.807) is 11.3 Å². The topological polar surface area (TPSA) is 74.6 Å². The molecule has 7 nitrogen and oxygen atoms in total. The van der Waals surface area contributed by atoms with E-state index in [4.69, 9.17) is 24.4 Å². The van der Waals surface area contributed by atoms with Gasteiger partial charge in [0.05, 0.1) is 32.3 Å². The van der Waals surface area contributed by atoms with Crippen molar-refractivity contribution in [1.82, 2.24) is 29.1 Å². The highest BCUT2D eigenvalue weighted by Gasteiger charge is 2.24. The molecule has 0 amide bonds. The van der Waals surface area contributed by atoms with Crippen molar-refractivity contribution in [2.75, 3.05) is 0 Å². The number of fused-ring (bicyclic) bond motifs is 11. The van der Waals surface area contributed by atoms with Crippen LogP contribution in [0.4, 0.5) is 0 Å². The first-order chi connectivity index (χ1) is 29.7. The van der Waals surface area contributed by atoms with Gasteiger partial charge in [0.1, 0.15) is 16.2 Å². The van der Waals surface area contributed by atoms with Crippen LogP contribution in [0.3, 0.4) is 0 Å². The van der Waals surface area contributed by atoms with Gasteiger partial charge >= 0.3 is 0 Å². The van der Waals surface area contributed by atoms with Crippen molar-refractivity contribution in [2.45, 2.75) is 0 Å². The van der Waals surface area contributed by atoms with Crippen molar-refractivity contribution in [3.05, 3.63) is 182 Å². The summed E-state index contributed by atoms with van der Waals surface area (Å²) < 4.78 is 12.2. The third-order valence-corrected chi connectivity index (χ3v) is 12.7. The normalized spacial score (nSPS) is 12.0. The van der Waals surface area contributed by atoms with Crippen LogP contribution in [0.15, 0.2) is 186 Å². The van der Waals surface area contributed by atoms with E-state index < -0.39 is 0 Å². The first-order valence-corrected chi connectivity index (χ1v) is 20.7. The standard InChI is InChI=1S/C52H30N6OS/c1-2-14-31(15-3-1)49-54-50(39-21-13-26-44-46(39)38-20-6-10-25-43(38)59-44)56-52(55-49)58-42-24-9-5-19-35(42)37-29-28-36-34-18-4-8-23-41(34)57(47(36)48(37)58)33-17-12-16-32(30-33)51-53-40-22-7-11-27-45(40)60-51/h1-30H. The van der Waals surface area contributed by atoms with E-state index in [2.05, 4.69) is 137 Å². The van der Waals surface area contributed by atoms with Crippen LogP contribution in [-0.4, -0.2) is 29.1 Å². The van der Waals surface area contributed by atoms with E-state index in [0.717, 1.165) is 98.5 Å². The van der Waals surface area contributed by atoms with E-state index >= 15 is 0 Å². The van der Waals surface area contributed by atoms with Crippen LogP contribution >= 0.6 is 11.3 Å². The number of aromatic nitrogens is 6. The molecule has 0 atom stereocenters. The molecule has 0 spiro atoms. The maximum atomic E-state index is 6.35. The highest BCUT2D eigenvalue weighted by molar-refractivity contribution is 7.21. The Bertz CT molecular complexity index is 3820. The van der Waals surface area contributed by atoms with Crippen LogP contribution in [-0.2, 0) is 0 Å². The first-order valence-electron chi connectivity index (χ1n) is 19.9. The molecular weight excluding hydrogens is 757 g/mol. The van der Waals surface area contributed by atoms with Crippen molar-refractivity contribution >= 4 is 87.1 Å². The lowest BCUT2D eigenvalue weighted by Gasteiger charge is -2.14. The average molecular weight is 787 g/mol. The highest BCUT2D eigenvalue weighted by Crippen LogP contribution is 2.43. The molecule has 0 bridgehead atoms. The lowest BCUT2D eigenvalue weighted by molar-refractivity contribution is 0.669. The van der Waals surface area contributed by atoms with Gasteiger partial charge in [-0.25, -0.2) is 9.97 Å². The van der Waals surface area contributed by atoms with Crippen LogP contribution in [0.1, 0.15) is 0 Å². The van der Waals surface area contributed by atoms with Gasteiger partial charge < -0.3 is 8.98 Å². The summed E-state index contributed by atoms with van der Waals surface area (Å²) >= 11 is 1.72. The van der Waals surface area contributed by atoms with Gasteiger partial charge in [-0.1, -0.05) is 133 Å². The van der Waals surface area contributed by atoms with Crippen molar-refractivity contribution < 1.29 is 4.42 Å². The Balaban J connectivity index is 1.14. The van der Waals surface area contributed by atoms with Crippen LogP contribution in [0.25, 0.3) is 121 Å². The van der Waals surface area contributed by atoms with Crippen LogP contribution < -0.4 is 0 Å². The van der Waals surface area contributed by atoms with Crippen molar-refractivity contribution in [1.29, 1.82) is 0 Å². The molecule has 0 saturated carbocycles. The van der Waals surface area contributed by atoms with Crippen molar-refractivity contribution in [3.63, 3.8) is 0 Å². The molecule has 5 heterocycles. The maximum Gasteiger partial charge on any atom is 0.238 e. The number of hydrogen-bond donors (Lipinski definition) is 0. The van der Waals surface area contributed by atoms with Gasteiger partial charge in [-0.15, -0.1) is 11.3 Å². The fourth-order valence-corrected chi connectivity index (χ4v) is 9.97. The Morgan fingerprint density at radius 1 is 0.433 bits per heavy atom. The second-order valence-electron chi connectivity index (χ2n) is 15.0. The SMILES string of the molecule is c1ccc(-c2nc(-c3cccc4oc5ccccc5c34)nc(-n3c4ccccc4c4ccc5c6ccccc6n(-c6cccc(-c7nc8ccccc8s7)c6)c5c43)n2)cc1. The monoisotopic (exact) mass is 786 g/mol. The Morgan fingerprint density at radius 3 is 1.88 bits per heavy atom. The molecule has 0 unspecified atom stereocenters. The summed E-state index contributed by atoms with van der Waals surface area (Å²) in [5, 5.41) is 7.50. The Morgan fingerprint density at radius 2 is 1.07 bits per heavy atom. The summed E-state index contributed by atoms with van der Waals surface area (Å²) in [4.78, 5) is 21.0. The molecular formula is C52H30N6OS. The molecule has 0 N–H and O–H groups in total. The number of nitrogens with zero attached hydrogens (tertiary/aromatic N) is 6. The maximum absolute atomic E-state index is 6.35. The largest absolute Gasteiger partial charge is 0.456 e. The van der Waals surface area contributed by atoms with E-state index in [9.17, 15) is 0 Å². The average Bonchev–Trinajstić information content (AvgIpc) is 4.08. The number of thiazole rings is 1. The minimum atomic E-state index is 0.530. The van der Waals surface area contributed by atoms with Crippen LogP contribution in [0, 0.1) is 0 Å². The molecule has 0 aliphatic heterocycles. The summed E-state index contributed by atoms with van der Waals surface area (Å²) in [5.74, 6) is 1.68. The van der Waals surface area contributed by atoms with E-state index in [1.165, 1.54) is 4.70 Å². The molecule has 13 rings (SSSR count). The molecule has 60 heavy (non-hydrogen) atoms. The van der Waals surface area contributed by atoms with Gasteiger partial charge in [-0.2, -0.15) is 9.97 Å². The summed E-state index contributed by atoms with van der Waals surface area (Å²) in [5.41, 5.74) is 10.7. The molecule has 280 valence electrons. The van der Waals surface area contributed by atoms with Crippen LogP contribution in [0.2, 0.25) is 0 Å². The predicted molar refractivity (Wildman–Crippen MR) is 245 cm³/mol. The second kappa shape index (κ2) is 12.8. The summed E-state index contributed by atoms with van der Waals surface area (Å²) in [6.45, 7) is 0. The lowest BCUT2D eigenvalue weighted by Crippen LogP contribution is -2.07. The molecule has 8 aromatic carbocycles. The lowest BCUT2D eigenvalue weighted by atomic mass is 10.1. The Hall–Kier alpha value is -7.94. The molecule has 5 aromatic heterocycles. The zero-order valence-corrected chi connectivity index (χ0v) is 32.6. The molecule has 0 aliphatic carbocycles. The number of hydrogen-bond acceptors (Lipinski definition) is 6. The minimum absolute atomic E-state index is 0.530. The Kier molecular flexibility index (Phi) is 7.05. The van der Waals surface area contributed by atoms with Gasteiger partial charge in [0.15, 0.2) is 11.6 Å². The highest BCUT2D eigenvalue weighted by atomic mass is 32.1. The predicted octanol–water partition coefficient (Wildman–Crippen LogP) is 13.6. The van der Waals surface area contributed by atoms with Gasteiger partial charge in [0.25, 0.3) is 0 Å². The third-order valence-electron chi connectivity index (χ3n) is 11.6. The Labute approximate surface area is 346 Å². The van der Waals surface area contributed by atoms with Gasteiger partial charge in [-0.3, -0.25) is 4.57 Å². The molecule has 8 heteroatoms. The first kappa shape index (κ1) is 33.1. The number of furan rings is 1. The molecule has 0 fully saturated rings. The summed E-state index contributed by atoms with van der Waals surface area (Å²) in [6.07, 6.45) is 0. The van der Waals surface area contributed by atoms with Crippen LogP contribution in [0.5, 0.6) is 0 Å². The minimum Gasteiger partial charge on any atom is -0.456 e. The fraction of sp³-hybridized carbons (Fsp3) is 0. The second-order valence-corrected chi connectivity index (χ2v) is 16.1. The van der Waals surface area contributed by atoms with E-state index in [-0.39, 0.29) is 0 Å².